The van der Waals surface area contributed by atoms with Crippen LogP contribution in [-0.4, -0.2) is 41.5 Å². The molecule has 84 valence electrons. The van der Waals surface area contributed by atoms with E-state index in [0.717, 1.165) is 6.26 Å². The number of H-pyrrole nitrogens is 1. The van der Waals surface area contributed by atoms with Crippen LogP contribution in [0, 0.1) is 0 Å². The van der Waals surface area contributed by atoms with Crippen LogP contribution in [0.15, 0.2) is 6.33 Å². The van der Waals surface area contributed by atoms with Crippen molar-refractivity contribution in [3.63, 3.8) is 0 Å². The maximum Gasteiger partial charge on any atom is 0.235 e. The second-order valence-electron chi connectivity index (χ2n) is 3.23. The Kier molecular flexibility index (Phi) is 3.40. The van der Waals surface area contributed by atoms with Crippen molar-refractivity contribution in [2.24, 2.45) is 0 Å². The molecule has 0 aliphatic carbocycles. The molecule has 0 fully saturated rings. The number of rotatable bonds is 4. The van der Waals surface area contributed by atoms with Crippen LogP contribution in [0.25, 0.3) is 0 Å². The monoisotopic (exact) mass is 232 g/mol. The number of nitrogens with zero attached hydrogens (tertiary/aromatic N) is 2. The van der Waals surface area contributed by atoms with E-state index >= 15 is 0 Å². The van der Waals surface area contributed by atoms with Gasteiger partial charge < -0.3 is 5.32 Å². The molecule has 0 bridgehead atoms. The molecule has 0 saturated carbocycles. The summed E-state index contributed by atoms with van der Waals surface area (Å²) in [5, 5.41) is 8.69. The van der Waals surface area contributed by atoms with Gasteiger partial charge in [0.15, 0.2) is 9.84 Å². The molecule has 2 N–H and O–H groups in total. The SMILES string of the molecule is CC(NC(=O)CS(C)(=O)=O)c1ncn[nH]1. The first-order chi connectivity index (χ1) is 6.88. The molecule has 0 saturated heterocycles. The van der Waals surface area contributed by atoms with Gasteiger partial charge in [0, 0.05) is 6.26 Å². The summed E-state index contributed by atoms with van der Waals surface area (Å²) in [5.41, 5.74) is 0. The Balaban J connectivity index is 2.53. The molecule has 1 rings (SSSR count). The summed E-state index contributed by atoms with van der Waals surface area (Å²) >= 11 is 0. The Labute approximate surface area is 87.2 Å². The molecule has 0 aliphatic heterocycles. The summed E-state index contributed by atoms with van der Waals surface area (Å²) in [5.74, 6) is -0.593. The van der Waals surface area contributed by atoms with Crippen LogP contribution in [0.2, 0.25) is 0 Å². The van der Waals surface area contributed by atoms with Gasteiger partial charge in [0.2, 0.25) is 5.91 Å². The summed E-state index contributed by atoms with van der Waals surface area (Å²) < 4.78 is 21.6. The van der Waals surface area contributed by atoms with E-state index in [0.29, 0.717) is 5.82 Å². The Hall–Kier alpha value is -1.44. The van der Waals surface area contributed by atoms with E-state index in [9.17, 15) is 13.2 Å². The quantitative estimate of drug-likeness (QED) is 0.694. The number of amides is 1. The third-order valence-electron chi connectivity index (χ3n) is 1.61. The van der Waals surface area contributed by atoms with Gasteiger partial charge in [-0.15, -0.1) is 0 Å². The minimum absolute atomic E-state index is 0.387. The predicted octanol–water partition coefficient (Wildman–Crippen LogP) is -0.973. The first-order valence-corrected chi connectivity index (χ1v) is 6.27. The van der Waals surface area contributed by atoms with Crippen molar-refractivity contribution >= 4 is 15.7 Å². The molecule has 0 aromatic carbocycles. The third-order valence-corrected chi connectivity index (χ3v) is 2.40. The molecule has 0 radical (unpaired) electrons. The van der Waals surface area contributed by atoms with Crippen molar-refractivity contribution in [1.29, 1.82) is 0 Å². The molecule has 1 atom stereocenters. The van der Waals surface area contributed by atoms with E-state index in [1.807, 2.05) is 0 Å². The molecule has 1 unspecified atom stereocenters. The smallest absolute Gasteiger partial charge is 0.235 e. The van der Waals surface area contributed by atoms with E-state index in [2.05, 4.69) is 20.5 Å². The molecule has 15 heavy (non-hydrogen) atoms. The maximum absolute atomic E-state index is 11.2. The van der Waals surface area contributed by atoms with Gasteiger partial charge in [-0.25, -0.2) is 13.4 Å². The second-order valence-corrected chi connectivity index (χ2v) is 5.37. The van der Waals surface area contributed by atoms with Gasteiger partial charge in [0.25, 0.3) is 0 Å². The van der Waals surface area contributed by atoms with E-state index in [-0.39, 0.29) is 6.04 Å². The lowest BCUT2D eigenvalue weighted by molar-refractivity contribution is -0.119. The highest BCUT2D eigenvalue weighted by Gasteiger charge is 2.15. The van der Waals surface area contributed by atoms with Gasteiger partial charge >= 0.3 is 0 Å². The molecule has 0 aliphatic rings. The molecule has 8 heteroatoms. The summed E-state index contributed by atoms with van der Waals surface area (Å²) in [6, 6.07) is -0.387. The van der Waals surface area contributed by atoms with Crippen molar-refractivity contribution in [1.82, 2.24) is 20.5 Å². The minimum atomic E-state index is -3.30. The van der Waals surface area contributed by atoms with Gasteiger partial charge in [-0.05, 0) is 6.92 Å². The number of nitrogens with one attached hydrogen (secondary N) is 2. The van der Waals surface area contributed by atoms with E-state index < -0.39 is 21.5 Å². The first-order valence-electron chi connectivity index (χ1n) is 4.21. The average Bonchev–Trinajstić information content (AvgIpc) is 2.50. The van der Waals surface area contributed by atoms with Crippen LogP contribution < -0.4 is 5.32 Å². The number of carbonyl (C=O) groups is 1. The summed E-state index contributed by atoms with van der Waals surface area (Å²) in [7, 11) is -3.30. The first kappa shape index (κ1) is 11.6. The number of aromatic nitrogens is 3. The molecular weight excluding hydrogens is 220 g/mol. The number of hydrogen-bond donors (Lipinski definition) is 2. The highest BCUT2D eigenvalue weighted by molar-refractivity contribution is 7.91. The molecule has 1 aromatic heterocycles. The zero-order valence-corrected chi connectivity index (χ0v) is 9.21. The fraction of sp³-hybridized carbons (Fsp3) is 0.571. The zero-order chi connectivity index (χ0) is 11.5. The maximum atomic E-state index is 11.2. The number of hydrogen-bond acceptors (Lipinski definition) is 5. The van der Waals surface area contributed by atoms with Gasteiger partial charge in [-0.2, -0.15) is 5.10 Å². The predicted molar refractivity (Wildman–Crippen MR) is 52.7 cm³/mol. The van der Waals surface area contributed by atoms with Gasteiger partial charge in [0.05, 0.1) is 6.04 Å². The molecule has 0 spiro atoms. The third kappa shape index (κ3) is 4.07. The fourth-order valence-corrected chi connectivity index (χ4v) is 1.57. The van der Waals surface area contributed by atoms with Crippen LogP contribution in [0.3, 0.4) is 0 Å². The van der Waals surface area contributed by atoms with E-state index in [1.165, 1.54) is 6.33 Å². The molecule has 1 heterocycles. The zero-order valence-electron chi connectivity index (χ0n) is 8.39. The van der Waals surface area contributed by atoms with Crippen LogP contribution in [-0.2, 0) is 14.6 Å². The highest BCUT2D eigenvalue weighted by Crippen LogP contribution is 2.03. The normalized spacial score (nSPS) is 13.5. The van der Waals surface area contributed by atoms with Crippen molar-refractivity contribution in [2.75, 3.05) is 12.0 Å². The van der Waals surface area contributed by atoms with Gasteiger partial charge in [-0.3, -0.25) is 9.89 Å². The summed E-state index contributed by atoms with van der Waals surface area (Å²) in [6.45, 7) is 1.68. The Morgan fingerprint density at radius 2 is 2.33 bits per heavy atom. The lowest BCUT2D eigenvalue weighted by Crippen LogP contribution is -2.32. The van der Waals surface area contributed by atoms with Gasteiger partial charge in [-0.1, -0.05) is 0 Å². The second kappa shape index (κ2) is 4.39. The van der Waals surface area contributed by atoms with Crippen molar-refractivity contribution in [3.8, 4) is 0 Å². The molecular formula is C7H12N4O3S. The molecule has 1 aromatic rings. The minimum Gasteiger partial charge on any atom is -0.345 e. The van der Waals surface area contributed by atoms with Gasteiger partial charge in [0.1, 0.15) is 17.9 Å². The Morgan fingerprint density at radius 3 is 2.80 bits per heavy atom. The Morgan fingerprint density at radius 1 is 1.67 bits per heavy atom. The van der Waals surface area contributed by atoms with Crippen LogP contribution in [0.1, 0.15) is 18.8 Å². The standard InChI is InChI=1S/C7H12N4O3S/c1-5(7-8-4-9-11-7)10-6(12)3-15(2,13)14/h4-5H,3H2,1-2H3,(H,10,12)(H,8,9,11). The summed E-state index contributed by atoms with van der Waals surface area (Å²) in [4.78, 5) is 15.0. The lowest BCUT2D eigenvalue weighted by Gasteiger charge is -2.09. The van der Waals surface area contributed by atoms with Crippen molar-refractivity contribution < 1.29 is 13.2 Å². The molecule has 1 amide bonds. The topological polar surface area (TPSA) is 105 Å². The van der Waals surface area contributed by atoms with Crippen molar-refractivity contribution in [3.05, 3.63) is 12.2 Å². The molecule has 7 nitrogen and oxygen atoms in total. The van der Waals surface area contributed by atoms with Crippen LogP contribution in [0.4, 0.5) is 0 Å². The number of sulfone groups is 1. The van der Waals surface area contributed by atoms with E-state index in [1.54, 1.807) is 6.92 Å². The van der Waals surface area contributed by atoms with Crippen LogP contribution in [0.5, 0.6) is 0 Å². The largest absolute Gasteiger partial charge is 0.345 e. The number of aromatic amines is 1. The Bertz CT molecular complexity index is 425. The van der Waals surface area contributed by atoms with E-state index in [4.69, 9.17) is 0 Å². The van der Waals surface area contributed by atoms with Crippen molar-refractivity contribution in [2.45, 2.75) is 13.0 Å². The fourth-order valence-electron chi connectivity index (χ4n) is 1.01. The van der Waals surface area contributed by atoms with Crippen LogP contribution >= 0.6 is 0 Å². The summed E-state index contributed by atoms with van der Waals surface area (Å²) in [6.07, 6.45) is 2.32. The number of carbonyl (C=O) groups excluding carboxylic acids is 1. The average molecular weight is 232 g/mol. The highest BCUT2D eigenvalue weighted by atomic mass is 32.2. The lowest BCUT2D eigenvalue weighted by atomic mass is 10.3.